The summed E-state index contributed by atoms with van der Waals surface area (Å²) in [5.41, 5.74) is 6.49. The fourth-order valence-corrected chi connectivity index (χ4v) is 1.01. The van der Waals surface area contributed by atoms with Crippen LogP contribution in [0.4, 0.5) is 0 Å². The van der Waals surface area contributed by atoms with Crippen molar-refractivity contribution in [2.24, 2.45) is 5.73 Å². The number of halogens is 2. The van der Waals surface area contributed by atoms with Gasteiger partial charge in [0.15, 0.2) is 0 Å². The van der Waals surface area contributed by atoms with Crippen molar-refractivity contribution in [3.63, 3.8) is 0 Å². The number of esters is 1. The first-order valence-electron chi connectivity index (χ1n) is 3.96. The summed E-state index contributed by atoms with van der Waals surface area (Å²) < 4.78 is 4.50. The lowest BCUT2D eigenvalue weighted by Gasteiger charge is -2.07. The van der Waals surface area contributed by atoms with Crippen molar-refractivity contribution in [3.8, 4) is 0 Å². The van der Waals surface area contributed by atoms with Crippen LogP contribution in [0.1, 0.15) is 5.56 Å². The fourth-order valence-electron chi connectivity index (χ4n) is 1.01. The third kappa shape index (κ3) is 5.57. The van der Waals surface area contributed by atoms with Gasteiger partial charge in [-0.1, -0.05) is 6.07 Å². The predicted octanol–water partition coefficient (Wildman–Crippen LogP) is 0.968. The Hall–Kier alpha value is -0.840. The number of aromatic nitrogens is 1. The Kier molecular flexibility index (Phi) is 9.36. The van der Waals surface area contributed by atoms with Gasteiger partial charge in [0.25, 0.3) is 0 Å². The minimum Gasteiger partial charge on any atom is -0.468 e. The van der Waals surface area contributed by atoms with Gasteiger partial charge in [0.05, 0.1) is 7.11 Å². The Morgan fingerprint density at radius 1 is 1.60 bits per heavy atom. The molecule has 0 bridgehead atoms. The topological polar surface area (TPSA) is 65.2 Å². The van der Waals surface area contributed by atoms with Gasteiger partial charge < -0.3 is 10.5 Å². The van der Waals surface area contributed by atoms with Crippen molar-refractivity contribution in [2.75, 3.05) is 7.11 Å². The van der Waals surface area contributed by atoms with Crippen molar-refractivity contribution < 1.29 is 9.53 Å². The zero-order valence-corrected chi connectivity index (χ0v) is 9.88. The van der Waals surface area contributed by atoms with Gasteiger partial charge in [-0.25, -0.2) is 0 Å². The van der Waals surface area contributed by atoms with Crippen LogP contribution in [0.3, 0.4) is 0 Å². The molecular weight excluding hydrogens is 239 g/mol. The van der Waals surface area contributed by atoms with Crippen LogP contribution in [-0.2, 0) is 16.0 Å². The van der Waals surface area contributed by atoms with E-state index in [1.807, 2.05) is 6.07 Å². The van der Waals surface area contributed by atoms with Crippen LogP contribution in [0, 0.1) is 0 Å². The highest BCUT2D eigenvalue weighted by molar-refractivity contribution is 5.85. The van der Waals surface area contributed by atoms with Crippen molar-refractivity contribution in [3.05, 3.63) is 30.1 Å². The van der Waals surface area contributed by atoms with Gasteiger partial charge in [0, 0.05) is 12.4 Å². The summed E-state index contributed by atoms with van der Waals surface area (Å²) in [6, 6.07) is 3.07. The molecule has 6 heteroatoms. The second-order valence-corrected chi connectivity index (χ2v) is 2.70. The van der Waals surface area contributed by atoms with Gasteiger partial charge in [0.1, 0.15) is 6.04 Å². The molecule has 4 nitrogen and oxygen atoms in total. The van der Waals surface area contributed by atoms with Crippen molar-refractivity contribution >= 4 is 30.8 Å². The molecule has 0 aliphatic rings. The SMILES string of the molecule is COC(=O)[C@@H](N)Cc1cccnc1.Cl.Cl. The van der Waals surface area contributed by atoms with Gasteiger partial charge in [-0.15, -0.1) is 24.8 Å². The minimum absolute atomic E-state index is 0. The lowest BCUT2D eigenvalue weighted by Crippen LogP contribution is -2.33. The molecule has 0 aliphatic carbocycles. The number of ether oxygens (including phenoxy) is 1. The number of carbonyl (C=O) groups excluding carboxylic acids is 1. The third-order valence-corrected chi connectivity index (χ3v) is 1.68. The summed E-state index contributed by atoms with van der Waals surface area (Å²) in [6.07, 6.45) is 3.82. The normalized spacial score (nSPS) is 10.5. The maximum absolute atomic E-state index is 10.9. The molecule has 0 aromatic carbocycles. The first-order valence-corrected chi connectivity index (χ1v) is 3.96. The molecule has 0 saturated carbocycles. The number of hydrogen-bond donors (Lipinski definition) is 1. The van der Waals surface area contributed by atoms with Crippen molar-refractivity contribution in [1.29, 1.82) is 0 Å². The van der Waals surface area contributed by atoms with Gasteiger partial charge in [0.2, 0.25) is 0 Å². The number of nitrogens with zero attached hydrogens (tertiary/aromatic N) is 1. The minimum atomic E-state index is -0.603. The summed E-state index contributed by atoms with van der Waals surface area (Å²) in [5.74, 6) is -0.399. The van der Waals surface area contributed by atoms with Crippen LogP contribution in [0.5, 0.6) is 0 Å². The molecule has 1 rings (SSSR count). The van der Waals surface area contributed by atoms with Crippen LogP contribution in [-0.4, -0.2) is 24.1 Å². The molecule has 0 radical (unpaired) electrons. The van der Waals surface area contributed by atoms with Crippen molar-refractivity contribution in [1.82, 2.24) is 4.98 Å². The van der Waals surface area contributed by atoms with Crippen molar-refractivity contribution in [2.45, 2.75) is 12.5 Å². The maximum atomic E-state index is 10.9. The van der Waals surface area contributed by atoms with Gasteiger partial charge in [-0.2, -0.15) is 0 Å². The van der Waals surface area contributed by atoms with Crippen LogP contribution in [0.2, 0.25) is 0 Å². The summed E-state index contributed by atoms with van der Waals surface area (Å²) in [7, 11) is 1.32. The Bertz CT molecular complexity index is 283. The van der Waals surface area contributed by atoms with E-state index in [0.29, 0.717) is 6.42 Å². The number of carbonyl (C=O) groups is 1. The summed E-state index contributed by atoms with van der Waals surface area (Å²) in [5, 5.41) is 0. The van der Waals surface area contributed by atoms with E-state index >= 15 is 0 Å². The number of nitrogens with two attached hydrogens (primary N) is 1. The standard InChI is InChI=1S/C9H12N2O2.2ClH/c1-13-9(12)8(10)5-7-3-2-4-11-6-7;;/h2-4,6,8H,5,10H2,1H3;2*1H/t8-;;/m0../s1. The number of pyridine rings is 1. The van der Waals surface area contributed by atoms with Gasteiger partial charge in [-0.3, -0.25) is 9.78 Å². The van der Waals surface area contributed by atoms with Crippen LogP contribution in [0.25, 0.3) is 0 Å². The molecule has 0 saturated heterocycles. The first kappa shape index (κ1) is 16.6. The molecule has 0 fully saturated rings. The number of hydrogen-bond acceptors (Lipinski definition) is 4. The van der Waals surface area contributed by atoms with E-state index in [0.717, 1.165) is 5.56 Å². The summed E-state index contributed by atoms with van der Waals surface area (Å²) in [4.78, 5) is 14.9. The summed E-state index contributed by atoms with van der Waals surface area (Å²) >= 11 is 0. The molecule has 15 heavy (non-hydrogen) atoms. The highest BCUT2D eigenvalue weighted by Gasteiger charge is 2.13. The molecule has 2 N–H and O–H groups in total. The molecular formula is C9H14Cl2N2O2. The smallest absolute Gasteiger partial charge is 0.322 e. The number of methoxy groups -OCH3 is 1. The Balaban J connectivity index is 0. The molecule has 1 aromatic heterocycles. The van der Waals surface area contributed by atoms with Gasteiger partial charge in [-0.05, 0) is 18.1 Å². The average molecular weight is 253 g/mol. The van der Waals surface area contributed by atoms with E-state index in [-0.39, 0.29) is 24.8 Å². The molecule has 0 spiro atoms. The Morgan fingerprint density at radius 3 is 2.73 bits per heavy atom. The third-order valence-electron chi connectivity index (χ3n) is 1.68. The van der Waals surface area contributed by atoms with Crippen LogP contribution >= 0.6 is 24.8 Å². The monoisotopic (exact) mass is 252 g/mol. The first-order chi connectivity index (χ1) is 6.24. The van der Waals surface area contributed by atoms with Crippen LogP contribution < -0.4 is 5.73 Å². The zero-order chi connectivity index (χ0) is 9.68. The highest BCUT2D eigenvalue weighted by Crippen LogP contribution is 2.00. The largest absolute Gasteiger partial charge is 0.468 e. The van der Waals surface area contributed by atoms with E-state index in [9.17, 15) is 4.79 Å². The molecule has 1 heterocycles. The van der Waals surface area contributed by atoms with Crippen LogP contribution in [0.15, 0.2) is 24.5 Å². The maximum Gasteiger partial charge on any atom is 0.322 e. The zero-order valence-electron chi connectivity index (χ0n) is 8.25. The molecule has 1 aromatic rings. The highest BCUT2D eigenvalue weighted by atomic mass is 35.5. The lowest BCUT2D eigenvalue weighted by atomic mass is 10.1. The van der Waals surface area contributed by atoms with E-state index in [4.69, 9.17) is 5.73 Å². The van der Waals surface area contributed by atoms with E-state index in [1.165, 1.54) is 7.11 Å². The Labute approximate surface area is 101 Å². The second kappa shape index (κ2) is 8.47. The van der Waals surface area contributed by atoms with E-state index in [2.05, 4.69) is 9.72 Å². The van der Waals surface area contributed by atoms with E-state index < -0.39 is 12.0 Å². The fraction of sp³-hybridized carbons (Fsp3) is 0.333. The van der Waals surface area contributed by atoms with E-state index in [1.54, 1.807) is 18.5 Å². The molecule has 0 amide bonds. The summed E-state index contributed by atoms with van der Waals surface area (Å²) in [6.45, 7) is 0. The molecule has 1 atom stereocenters. The average Bonchev–Trinajstić information content (AvgIpc) is 2.18. The quantitative estimate of drug-likeness (QED) is 0.815. The molecule has 86 valence electrons. The molecule has 0 unspecified atom stereocenters. The second-order valence-electron chi connectivity index (χ2n) is 2.70. The predicted molar refractivity (Wildman–Crippen MR) is 62.4 cm³/mol. The Morgan fingerprint density at radius 2 is 2.27 bits per heavy atom. The number of rotatable bonds is 3. The molecule has 0 aliphatic heterocycles. The van der Waals surface area contributed by atoms with Gasteiger partial charge >= 0.3 is 5.97 Å². The lowest BCUT2D eigenvalue weighted by molar-refractivity contribution is -0.142.